The van der Waals surface area contributed by atoms with Crippen molar-refractivity contribution in [1.82, 2.24) is 5.32 Å². The summed E-state index contributed by atoms with van der Waals surface area (Å²) in [6.07, 6.45) is 1.73. The second kappa shape index (κ2) is 5.49. The molecular weight excluding hydrogens is 222 g/mol. The number of nitrogens with one attached hydrogen (secondary N) is 1. The maximum Gasteiger partial charge on any atom is 0.407 e. The zero-order valence-corrected chi connectivity index (χ0v) is 10.7. The second-order valence-corrected chi connectivity index (χ2v) is 5.45. The molecular formula is C12H21NO4. The lowest BCUT2D eigenvalue weighted by molar-refractivity contribution is -0.121. The van der Waals surface area contributed by atoms with Crippen LogP contribution in [0.2, 0.25) is 0 Å². The molecule has 0 bridgehead atoms. The van der Waals surface area contributed by atoms with E-state index in [1.54, 1.807) is 20.8 Å². The maximum absolute atomic E-state index is 11.5. The van der Waals surface area contributed by atoms with Crippen LogP contribution in [0.1, 0.15) is 33.6 Å². The number of ether oxygens (including phenoxy) is 2. The molecule has 17 heavy (non-hydrogen) atoms. The summed E-state index contributed by atoms with van der Waals surface area (Å²) in [4.78, 5) is 22.6. The zero-order valence-electron chi connectivity index (χ0n) is 10.7. The smallest absolute Gasteiger partial charge is 0.407 e. The average Bonchev–Trinajstić information content (AvgIpc) is 2.25. The van der Waals surface area contributed by atoms with Crippen molar-refractivity contribution in [2.24, 2.45) is 5.41 Å². The maximum atomic E-state index is 11.5. The van der Waals surface area contributed by atoms with Crippen molar-refractivity contribution < 1.29 is 19.1 Å². The topological polar surface area (TPSA) is 64.6 Å². The first-order valence-electron chi connectivity index (χ1n) is 5.88. The first-order valence-corrected chi connectivity index (χ1v) is 5.88. The van der Waals surface area contributed by atoms with E-state index >= 15 is 0 Å². The summed E-state index contributed by atoms with van der Waals surface area (Å²) in [6, 6.07) is 0. The van der Waals surface area contributed by atoms with Gasteiger partial charge in [-0.1, -0.05) is 0 Å². The number of hydrogen-bond acceptors (Lipinski definition) is 4. The van der Waals surface area contributed by atoms with Crippen molar-refractivity contribution in [1.29, 1.82) is 0 Å². The molecule has 1 rings (SSSR count). The Hall–Kier alpha value is -1.10. The molecule has 0 atom stereocenters. The Bertz CT molecular complexity index is 277. The second-order valence-electron chi connectivity index (χ2n) is 5.45. The quantitative estimate of drug-likeness (QED) is 0.763. The highest BCUT2D eigenvalue weighted by atomic mass is 16.6. The molecule has 0 aromatic carbocycles. The van der Waals surface area contributed by atoms with Crippen molar-refractivity contribution in [2.45, 2.75) is 39.2 Å². The van der Waals surface area contributed by atoms with Crippen molar-refractivity contribution in [2.75, 3.05) is 19.8 Å². The fourth-order valence-electron chi connectivity index (χ4n) is 1.68. The monoisotopic (exact) mass is 243 g/mol. The van der Waals surface area contributed by atoms with Crippen molar-refractivity contribution in [3.05, 3.63) is 0 Å². The Labute approximate surface area is 102 Å². The van der Waals surface area contributed by atoms with Crippen molar-refractivity contribution in [3.63, 3.8) is 0 Å². The molecule has 1 saturated heterocycles. The van der Waals surface area contributed by atoms with Gasteiger partial charge in [0.2, 0.25) is 0 Å². The molecule has 0 spiro atoms. The number of hydrogen-bond donors (Lipinski definition) is 1. The number of aldehydes is 1. The van der Waals surface area contributed by atoms with Crippen LogP contribution in [0.25, 0.3) is 0 Å². The third-order valence-electron chi connectivity index (χ3n) is 2.72. The van der Waals surface area contributed by atoms with Gasteiger partial charge in [-0.05, 0) is 33.6 Å². The number of amides is 1. The van der Waals surface area contributed by atoms with Gasteiger partial charge in [0, 0.05) is 25.2 Å². The minimum absolute atomic E-state index is 0.314. The van der Waals surface area contributed by atoms with Crippen LogP contribution < -0.4 is 5.32 Å². The normalized spacial score (nSPS) is 19.5. The van der Waals surface area contributed by atoms with E-state index < -0.39 is 17.1 Å². The van der Waals surface area contributed by atoms with E-state index in [0.29, 0.717) is 32.6 Å². The summed E-state index contributed by atoms with van der Waals surface area (Å²) in [7, 11) is 0. The van der Waals surface area contributed by atoms with E-state index in [2.05, 4.69) is 5.32 Å². The van der Waals surface area contributed by atoms with Gasteiger partial charge in [-0.15, -0.1) is 0 Å². The van der Waals surface area contributed by atoms with Crippen LogP contribution in [-0.2, 0) is 14.3 Å². The molecule has 0 aromatic heterocycles. The molecule has 0 aliphatic carbocycles. The summed E-state index contributed by atoms with van der Waals surface area (Å²) in [5.74, 6) is 0. The van der Waals surface area contributed by atoms with Gasteiger partial charge in [-0.2, -0.15) is 0 Å². The van der Waals surface area contributed by atoms with E-state index in [1.165, 1.54) is 0 Å². The molecule has 5 nitrogen and oxygen atoms in total. The molecule has 0 aromatic rings. The highest BCUT2D eigenvalue weighted by molar-refractivity contribution is 5.69. The SMILES string of the molecule is CC(C)(C)OC(=O)NCC1(C=O)CCOCC1. The third-order valence-corrected chi connectivity index (χ3v) is 2.72. The van der Waals surface area contributed by atoms with Crippen molar-refractivity contribution in [3.8, 4) is 0 Å². The Balaban J connectivity index is 2.42. The first kappa shape index (κ1) is 14.0. The average molecular weight is 243 g/mol. The summed E-state index contributed by atoms with van der Waals surface area (Å²) < 4.78 is 10.3. The molecule has 1 aliphatic heterocycles. The molecule has 1 aliphatic rings. The number of alkyl carbamates (subject to hydrolysis) is 1. The summed E-state index contributed by atoms with van der Waals surface area (Å²) in [6.45, 7) is 6.85. The molecule has 1 N–H and O–H groups in total. The van der Waals surface area contributed by atoms with Crippen LogP contribution in [0.15, 0.2) is 0 Å². The third kappa shape index (κ3) is 4.73. The number of carbonyl (C=O) groups is 2. The van der Waals surface area contributed by atoms with Gasteiger partial charge < -0.3 is 19.6 Å². The first-order chi connectivity index (χ1) is 7.87. The highest BCUT2D eigenvalue weighted by Crippen LogP contribution is 2.27. The molecule has 1 heterocycles. The minimum Gasteiger partial charge on any atom is -0.444 e. The molecule has 0 saturated carbocycles. The minimum atomic E-state index is -0.520. The molecule has 98 valence electrons. The predicted octanol–water partition coefficient (Wildman–Crippen LogP) is 1.51. The van der Waals surface area contributed by atoms with Gasteiger partial charge in [-0.25, -0.2) is 4.79 Å². The van der Waals surface area contributed by atoms with Crippen LogP contribution in [-0.4, -0.2) is 37.7 Å². The molecule has 0 unspecified atom stereocenters. The Morgan fingerprint density at radius 1 is 1.41 bits per heavy atom. The number of rotatable bonds is 3. The van der Waals surface area contributed by atoms with Gasteiger partial charge in [0.1, 0.15) is 11.9 Å². The van der Waals surface area contributed by atoms with Crippen molar-refractivity contribution >= 4 is 12.4 Å². The van der Waals surface area contributed by atoms with Crippen LogP contribution in [0, 0.1) is 5.41 Å². The Morgan fingerprint density at radius 3 is 2.47 bits per heavy atom. The van der Waals surface area contributed by atoms with Gasteiger partial charge >= 0.3 is 6.09 Å². The van der Waals surface area contributed by atoms with Gasteiger partial charge in [0.25, 0.3) is 0 Å². The van der Waals surface area contributed by atoms with Crippen LogP contribution >= 0.6 is 0 Å². The van der Waals surface area contributed by atoms with E-state index in [4.69, 9.17) is 9.47 Å². The fourth-order valence-corrected chi connectivity index (χ4v) is 1.68. The molecule has 1 amide bonds. The lowest BCUT2D eigenvalue weighted by Gasteiger charge is -2.32. The Morgan fingerprint density at radius 2 is 2.00 bits per heavy atom. The summed E-state index contributed by atoms with van der Waals surface area (Å²) in [5.41, 5.74) is -1.01. The fraction of sp³-hybridized carbons (Fsp3) is 0.833. The molecule has 0 radical (unpaired) electrons. The van der Waals surface area contributed by atoms with Crippen LogP contribution in [0.3, 0.4) is 0 Å². The van der Waals surface area contributed by atoms with Crippen LogP contribution in [0.5, 0.6) is 0 Å². The largest absolute Gasteiger partial charge is 0.444 e. The van der Waals surface area contributed by atoms with E-state index in [1.807, 2.05) is 0 Å². The lowest BCUT2D eigenvalue weighted by Crippen LogP contribution is -2.44. The standard InChI is InChI=1S/C12H21NO4/c1-11(2,3)17-10(15)13-8-12(9-14)4-6-16-7-5-12/h9H,4-8H2,1-3H3,(H,13,15). The molecule has 1 fully saturated rings. The predicted molar refractivity (Wildman–Crippen MR) is 62.8 cm³/mol. The van der Waals surface area contributed by atoms with E-state index in [-0.39, 0.29) is 0 Å². The van der Waals surface area contributed by atoms with E-state index in [9.17, 15) is 9.59 Å². The van der Waals surface area contributed by atoms with Gasteiger partial charge in [0.15, 0.2) is 0 Å². The lowest BCUT2D eigenvalue weighted by atomic mass is 9.82. The molecule has 5 heteroatoms. The Kier molecular flexibility index (Phi) is 4.51. The van der Waals surface area contributed by atoms with Crippen LogP contribution in [0.4, 0.5) is 4.79 Å². The van der Waals surface area contributed by atoms with E-state index in [0.717, 1.165) is 6.29 Å². The van der Waals surface area contributed by atoms with Gasteiger partial charge in [-0.3, -0.25) is 0 Å². The zero-order chi connectivity index (χ0) is 12.9. The highest BCUT2D eigenvalue weighted by Gasteiger charge is 2.33. The van der Waals surface area contributed by atoms with Gasteiger partial charge in [0.05, 0.1) is 0 Å². The summed E-state index contributed by atoms with van der Waals surface area (Å²) >= 11 is 0. The summed E-state index contributed by atoms with van der Waals surface area (Å²) in [5, 5.41) is 2.65. The number of carbonyl (C=O) groups excluding carboxylic acids is 2.